The Labute approximate surface area is 130 Å². The number of nitrogens with zero attached hydrogens (tertiary/aromatic N) is 1. The molecule has 0 saturated carbocycles. The van der Waals surface area contributed by atoms with E-state index >= 15 is 0 Å². The fourth-order valence-corrected chi connectivity index (χ4v) is 3.94. The van der Waals surface area contributed by atoms with Crippen molar-refractivity contribution in [2.75, 3.05) is 0 Å². The molecular weight excluding hydrogens is 298 g/mol. The minimum absolute atomic E-state index is 0.689. The van der Waals surface area contributed by atoms with Crippen LogP contribution >= 0.6 is 21.6 Å². The van der Waals surface area contributed by atoms with Crippen LogP contribution in [-0.2, 0) is 0 Å². The van der Waals surface area contributed by atoms with Crippen LogP contribution in [0.1, 0.15) is 0 Å². The predicted octanol–water partition coefficient (Wildman–Crippen LogP) is 5.78. The average Bonchev–Trinajstić information content (AvgIpc) is 2.95. The van der Waals surface area contributed by atoms with Gasteiger partial charge in [-0.2, -0.15) is 0 Å². The van der Waals surface area contributed by atoms with Crippen LogP contribution in [0.5, 0.6) is 0 Å². The molecule has 0 amide bonds. The lowest BCUT2D eigenvalue weighted by atomic mass is 10.1. The monoisotopic (exact) mass is 309 g/mol. The molecule has 4 aromatic rings. The highest BCUT2D eigenvalue weighted by Gasteiger charge is 2.07. The molecule has 0 aliphatic carbocycles. The van der Waals surface area contributed by atoms with Crippen LogP contribution in [0.4, 0.5) is 0 Å². The molecule has 3 aromatic carbocycles. The summed E-state index contributed by atoms with van der Waals surface area (Å²) in [6.45, 7) is 0. The van der Waals surface area contributed by atoms with Crippen LogP contribution in [0.25, 0.3) is 21.9 Å². The number of rotatable bonds is 3. The second kappa shape index (κ2) is 5.47. The summed E-state index contributed by atoms with van der Waals surface area (Å²) in [6, 6.07) is 22.7. The Morgan fingerprint density at radius 3 is 2.48 bits per heavy atom. The highest BCUT2D eigenvalue weighted by Crippen LogP contribution is 2.38. The number of fused-ring (bicyclic) bond motifs is 2. The normalized spacial score (nSPS) is 11.2. The molecule has 0 bridgehead atoms. The van der Waals surface area contributed by atoms with Crippen molar-refractivity contribution in [3.05, 3.63) is 66.7 Å². The van der Waals surface area contributed by atoms with Gasteiger partial charge in [0.05, 0.1) is 0 Å². The van der Waals surface area contributed by atoms with E-state index in [4.69, 9.17) is 4.42 Å². The Bertz CT molecular complexity index is 884. The second-order valence-electron chi connectivity index (χ2n) is 4.62. The zero-order valence-corrected chi connectivity index (χ0v) is 12.7. The van der Waals surface area contributed by atoms with Crippen LogP contribution in [0.3, 0.4) is 0 Å². The van der Waals surface area contributed by atoms with Gasteiger partial charge in [0.25, 0.3) is 5.22 Å². The number of aromatic nitrogens is 1. The van der Waals surface area contributed by atoms with Crippen molar-refractivity contribution in [2.24, 2.45) is 0 Å². The van der Waals surface area contributed by atoms with Crippen LogP contribution in [-0.4, -0.2) is 4.98 Å². The topological polar surface area (TPSA) is 26.0 Å². The standard InChI is InChI=1S/C17H11NOS2/c1-2-6-13-11-14(10-9-12(13)5-1)20-21-17-18-15-7-3-4-8-16(15)19-17/h1-11H. The Kier molecular flexibility index (Phi) is 3.33. The lowest BCUT2D eigenvalue weighted by molar-refractivity contribution is 0.491. The Hall–Kier alpha value is -1.91. The van der Waals surface area contributed by atoms with Gasteiger partial charge < -0.3 is 4.42 Å². The molecule has 0 radical (unpaired) electrons. The van der Waals surface area contributed by atoms with Crippen molar-refractivity contribution in [1.82, 2.24) is 4.98 Å². The van der Waals surface area contributed by atoms with Gasteiger partial charge in [0, 0.05) is 15.7 Å². The Morgan fingerprint density at radius 2 is 1.57 bits per heavy atom. The molecule has 0 N–H and O–H groups in total. The first kappa shape index (κ1) is 12.8. The zero-order valence-electron chi connectivity index (χ0n) is 11.0. The third kappa shape index (κ3) is 2.64. The van der Waals surface area contributed by atoms with E-state index in [1.165, 1.54) is 15.7 Å². The number of para-hydroxylation sites is 2. The molecule has 4 heteroatoms. The minimum Gasteiger partial charge on any atom is -0.431 e. The van der Waals surface area contributed by atoms with Gasteiger partial charge in [0.15, 0.2) is 5.58 Å². The number of hydrogen-bond acceptors (Lipinski definition) is 4. The molecule has 0 saturated heterocycles. The molecule has 0 spiro atoms. The first-order valence-corrected chi connectivity index (χ1v) is 8.72. The van der Waals surface area contributed by atoms with Gasteiger partial charge in [-0.1, -0.05) is 42.5 Å². The van der Waals surface area contributed by atoms with Crippen LogP contribution in [0.15, 0.2) is 81.3 Å². The van der Waals surface area contributed by atoms with Crippen molar-refractivity contribution < 1.29 is 4.42 Å². The highest BCUT2D eigenvalue weighted by molar-refractivity contribution is 8.76. The van der Waals surface area contributed by atoms with Crippen molar-refractivity contribution in [2.45, 2.75) is 10.1 Å². The van der Waals surface area contributed by atoms with E-state index in [-0.39, 0.29) is 0 Å². The molecular formula is C17H11NOS2. The van der Waals surface area contributed by atoms with Gasteiger partial charge in [0.1, 0.15) is 5.52 Å². The molecule has 1 aromatic heterocycles. The second-order valence-corrected chi connectivity index (χ2v) is 6.78. The maximum Gasteiger partial charge on any atom is 0.268 e. The molecule has 2 nitrogen and oxygen atoms in total. The summed E-state index contributed by atoms with van der Waals surface area (Å²) in [6.07, 6.45) is 0. The maximum absolute atomic E-state index is 5.71. The summed E-state index contributed by atoms with van der Waals surface area (Å²) in [4.78, 5) is 5.66. The summed E-state index contributed by atoms with van der Waals surface area (Å²) in [7, 11) is 3.21. The molecule has 0 unspecified atom stereocenters. The van der Waals surface area contributed by atoms with Gasteiger partial charge in [-0.3, -0.25) is 0 Å². The highest BCUT2D eigenvalue weighted by atomic mass is 33.1. The van der Waals surface area contributed by atoms with Gasteiger partial charge in [-0.05, 0) is 45.8 Å². The summed E-state index contributed by atoms with van der Waals surface area (Å²) in [5.41, 5.74) is 1.73. The van der Waals surface area contributed by atoms with Crippen LogP contribution < -0.4 is 0 Å². The third-order valence-electron chi connectivity index (χ3n) is 3.20. The SMILES string of the molecule is c1ccc2cc(SSc3nc4ccccc4o3)ccc2c1. The van der Waals surface area contributed by atoms with E-state index in [1.54, 1.807) is 21.6 Å². The summed E-state index contributed by atoms with van der Waals surface area (Å²) < 4.78 is 5.71. The zero-order chi connectivity index (χ0) is 14.1. The fourth-order valence-electron chi connectivity index (χ4n) is 2.19. The largest absolute Gasteiger partial charge is 0.431 e. The fraction of sp³-hybridized carbons (Fsp3) is 0. The van der Waals surface area contributed by atoms with E-state index in [1.807, 2.05) is 24.3 Å². The first-order valence-electron chi connectivity index (χ1n) is 6.57. The van der Waals surface area contributed by atoms with Crippen LogP contribution in [0.2, 0.25) is 0 Å². The molecule has 1 heterocycles. The number of hydrogen-bond donors (Lipinski definition) is 0. The maximum atomic E-state index is 5.71. The average molecular weight is 309 g/mol. The van der Waals surface area contributed by atoms with Gasteiger partial charge in [0.2, 0.25) is 0 Å². The predicted molar refractivity (Wildman–Crippen MR) is 89.7 cm³/mol. The summed E-state index contributed by atoms with van der Waals surface area (Å²) in [5.74, 6) is 0. The number of oxazole rings is 1. The molecule has 0 fully saturated rings. The molecule has 0 aliphatic heterocycles. The first-order chi connectivity index (χ1) is 10.4. The molecule has 0 aliphatic rings. The summed E-state index contributed by atoms with van der Waals surface area (Å²) in [5, 5.41) is 3.20. The van der Waals surface area contributed by atoms with Crippen molar-refractivity contribution in [3.8, 4) is 0 Å². The van der Waals surface area contributed by atoms with Gasteiger partial charge >= 0.3 is 0 Å². The minimum atomic E-state index is 0.689. The Morgan fingerprint density at radius 1 is 0.762 bits per heavy atom. The van der Waals surface area contributed by atoms with E-state index in [9.17, 15) is 0 Å². The number of benzene rings is 3. The molecule has 4 rings (SSSR count). The lowest BCUT2D eigenvalue weighted by Crippen LogP contribution is -1.73. The molecule has 21 heavy (non-hydrogen) atoms. The van der Waals surface area contributed by atoms with Crippen molar-refractivity contribution in [1.29, 1.82) is 0 Å². The summed E-state index contributed by atoms with van der Waals surface area (Å²) >= 11 is 0. The smallest absolute Gasteiger partial charge is 0.268 e. The van der Waals surface area contributed by atoms with E-state index in [0.717, 1.165) is 11.1 Å². The molecule has 102 valence electrons. The van der Waals surface area contributed by atoms with Gasteiger partial charge in [-0.25, -0.2) is 4.98 Å². The third-order valence-corrected chi connectivity index (χ3v) is 5.31. The van der Waals surface area contributed by atoms with E-state index < -0.39 is 0 Å². The van der Waals surface area contributed by atoms with Crippen LogP contribution in [0, 0.1) is 0 Å². The lowest BCUT2D eigenvalue weighted by Gasteiger charge is -2.01. The van der Waals surface area contributed by atoms with E-state index in [0.29, 0.717) is 5.22 Å². The van der Waals surface area contributed by atoms with E-state index in [2.05, 4.69) is 47.4 Å². The quantitative estimate of drug-likeness (QED) is 0.448. The van der Waals surface area contributed by atoms with Crippen molar-refractivity contribution >= 4 is 43.5 Å². The Balaban J connectivity index is 1.57. The van der Waals surface area contributed by atoms with Gasteiger partial charge in [-0.15, -0.1) is 0 Å². The van der Waals surface area contributed by atoms with Crippen molar-refractivity contribution in [3.63, 3.8) is 0 Å². The molecule has 0 atom stereocenters.